The smallest absolute Gasteiger partial charge is 0.305 e. The molecular formula is C25H27NO4S2. The van der Waals surface area contributed by atoms with Gasteiger partial charge in [0.05, 0.1) is 11.5 Å². The maximum atomic E-state index is 12.8. The number of esters is 1. The van der Waals surface area contributed by atoms with Crippen molar-refractivity contribution in [1.29, 1.82) is 0 Å². The Hall–Kier alpha value is -2.64. The van der Waals surface area contributed by atoms with E-state index >= 15 is 0 Å². The van der Waals surface area contributed by atoms with Gasteiger partial charge in [0, 0.05) is 13.0 Å². The number of aryl methyl sites for hydroxylation is 1. The molecule has 1 amide bonds. The molecule has 0 bridgehead atoms. The number of carbonyl (C=O) groups is 2. The molecule has 3 rings (SSSR count). The summed E-state index contributed by atoms with van der Waals surface area (Å²) in [5, 5.41) is 0. The maximum Gasteiger partial charge on any atom is 0.305 e. The van der Waals surface area contributed by atoms with Gasteiger partial charge in [0.25, 0.3) is 5.91 Å². The van der Waals surface area contributed by atoms with E-state index in [1.807, 2.05) is 49.4 Å². The Kier molecular flexibility index (Phi) is 8.88. The van der Waals surface area contributed by atoms with E-state index in [9.17, 15) is 9.59 Å². The van der Waals surface area contributed by atoms with E-state index in [0.29, 0.717) is 35.4 Å². The van der Waals surface area contributed by atoms with Crippen molar-refractivity contribution in [1.82, 2.24) is 4.90 Å². The molecule has 2 aromatic rings. The van der Waals surface area contributed by atoms with Crippen molar-refractivity contribution in [2.75, 3.05) is 13.2 Å². The fourth-order valence-electron chi connectivity index (χ4n) is 3.06. The van der Waals surface area contributed by atoms with Crippen LogP contribution in [0.15, 0.2) is 53.4 Å². The summed E-state index contributed by atoms with van der Waals surface area (Å²) in [6.45, 7) is 5.32. The molecule has 2 aromatic carbocycles. The fraction of sp³-hybridized carbons (Fsp3) is 0.320. The molecule has 168 valence electrons. The predicted octanol–water partition coefficient (Wildman–Crippen LogP) is 5.51. The summed E-state index contributed by atoms with van der Waals surface area (Å²) in [4.78, 5) is 26.6. The van der Waals surface area contributed by atoms with Gasteiger partial charge < -0.3 is 9.47 Å². The Morgan fingerprint density at radius 2 is 1.97 bits per heavy atom. The minimum absolute atomic E-state index is 0.132. The van der Waals surface area contributed by atoms with Gasteiger partial charge in [-0.05, 0) is 49.1 Å². The van der Waals surface area contributed by atoms with Crippen LogP contribution in [-0.4, -0.2) is 34.2 Å². The minimum atomic E-state index is -0.240. The molecule has 0 saturated carbocycles. The van der Waals surface area contributed by atoms with E-state index in [1.54, 1.807) is 4.90 Å². The van der Waals surface area contributed by atoms with Crippen molar-refractivity contribution < 1.29 is 19.1 Å². The second-order valence-corrected chi connectivity index (χ2v) is 9.18. The van der Waals surface area contributed by atoms with Gasteiger partial charge in [0.2, 0.25) is 0 Å². The quantitative estimate of drug-likeness (QED) is 0.260. The number of hydrogen-bond donors (Lipinski definition) is 0. The summed E-state index contributed by atoms with van der Waals surface area (Å²) >= 11 is 6.66. The third kappa shape index (κ3) is 6.93. The van der Waals surface area contributed by atoms with Gasteiger partial charge in [-0.15, -0.1) is 0 Å². The average molecular weight is 470 g/mol. The maximum absolute atomic E-state index is 12.8. The van der Waals surface area contributed by atoms with E-state index in [-0.39, 0.29) is 18.3 Å². The number of amides is 1. The topological polar surface area (TPSA) is 55.8 Å². The second kappa shape index (κ2) is 11.8. The first kappa shape index (κ1) is 24.0. The summed E-state index contributed by atoms with van der Waals surface area (Å²) in [7, 11) is 0. The van der Waals surface area contributed by atoms with Crippen molar-refractivity contribution in [3.05, 3.63) is 70.1 Å². The first-order valence-corrected chi connectivity index (χ1v) is 11.9. The number of nitrogens with zero attached hydrogens (tertiary/aromatic N) is 1. The molecule has 0 atom stereocenters. The second-order valence-electron chi connectivity index (χ2n) is 7.50. The molecule has 0 spiro atoms. The van der Waals surface area contributed by atoms with Crippen LogP contribution >= 0.6 is 24.0 Å². The van der Waals surface area contributed by atoms with Gasteiger partial charge in [0.15, 0.2) is 0 Å². The Morgan fingerprint density at radius 3 is 2.72 bits per heavy atom. The highest BCUT2D eigenvalue weighted by atomic mass is 32.2. The number of benzene rings is 2. The van der Waals surface area contributed by atoms with Crippen molar-refractivity contribution in [2.45, 2.75) is 39.7 Å². The molecule has 1 saturated heterocycles. The van der Waals surface area contributed by atoms with E-state index in [0.717, 1.165) is 23.3 Å². The molecule has 0 unspecified atom stereocenters. The molecule has 0 aliphatic carbocycles. The van der Waals surface area contributed by atoms with Gasteiger partial charge >= 0.3 is 5.97 Å². The SMILES string of the molecule is CCCOC(=O)CCCN1C(=O)/C(=C\c2cccc(OCc3ccc(C)cc3)c2)SC1=S. The van der Waals surface area contributed by atoms with Crippen molar-refractivity contribution >= 4 is 46.3 Å². The largest absolute Gasteiger partial charge is 0.489 e. The molecule has 1 aliphatic heterocycles. The van der Waals surface area contributed by atoms with Gasteiger partial charge in [-0.2, -0.15) is 0 Å². The first-order chi connectivity index (χ1) is 15.5. The van der Waals surface area contributed by atoms with Gasteiger partial charge in [-0.1, -0.05) is 72.9 Å². The first-order valence-electron chi connectivity index (χ1n) is 10.7. The van der Waals surface area contributed by atoms with Crippen LogP contribution in [0.1, 0.15) is 42.9 Å². The van der Waals surface area contributed by atoms with Crippen LogP contribution in [0.4, 0.5) is 0 Å². The summed E-state index contributed by atoms with van der Waals surface area (Å²) < 4.78 is 11.5. The third-order valence-electron chi connectivity index (χ3n) is 4.79. The van der Waals surface area contributed by atoms with E-state index in [1.165, 1.54) is 17.3 Å². The molecule has 7 heteroatoms. The molecule has 1 aliphatic rings. The monoisotopic (exact) mass is 469 g/mol. The zero-order chi connectivity index (χ0) is 22.9. The van der Waals surface area contributed by atoms with Crippen LogP contribution in [0.2, 0.25) is 0 Å². The van der Waals surface area contributed by atoms with E-state index < -0.39 is 0 Å². The molecule has 0 N–H and O–H groups in total. The van der Waals surface area contributed by atoms with E-state index in [4.69, 9.17) is 21.7 Å². The van der Waals surface area contributed by atoms with Gasteiger partial charge in [0.1, 0.15) is 16.7 Å². The number of rotatable bonds is 10. The fourth-order valence-corrected chi connectivity index (χ4v) is 4.37. The highest BCUT2D eigenvalue weighted by Crippen LogP contribution is 2.33. The van der Waals surface area contributed by atoms with Crippen LogP contribution in [0.5, 0.6) is 5.75 Å². The van der Waals surface area contributed by atoms with Crippen molar-refractivity contribution in [3.8, 4) is 5.75 Å². The lowest BCUT2D eigenvalue weighted by atomic mass is 10.1. The van der Waals surface area contributed by atoms with Crippen molar-refractivity contribution in [3.63, 3.8) is 0 Å². The third-order valence-corrected chi connectivity index (χ3v) is 6.16. The number of thiocarbonyl (C=S) groups is 1. The van der Waals surface area contributed by atoms with Crippen LogP contribution in [-0.2, 0) is 20.9 Å². The molecule has 32 heavy (non-hydrogen) atoms. The Balaban J connectivity index is 1.57. The zero-order valence-corrected chi connectivity index (χ0v) is 20.0. The highest BCUT2D eigenvalue weighted by molar-refractivity contribution is 8.26. The lowest BCUT2D eigenvalue weighted by Crippen LogP contribution is -2.29. The van der Waals surface area contributed by atoms with Crippen LogP contribution in [0.3, 0.4) is 0 Å². The molecule has 1 heterocycles. The molecule has 0 aromatic heterocycles. The Bertz CT molecular complexity index is 1000. The number of carbonyl (C=O) groups excluding carboxylic acids is 2. The predicted molar refractivity (Wildman–Crippen MR) is 132 cm³/mol. The normalized spacial score (nSPS) is 14.8. The minimum Gasteiger partial charge on any atom is -0.489 e. The summed E-state index contributed by atoms with van der Waals surface area (Å²) in [6, 6.07) is 15.9. The zero-order valence-electron chi connectivity index (χ0n) is 18.3. The highest BCUT2D eigenvalue weighted by Gasteiger charge is 2.31. The number of ether oxygens (including phenoxy) is 2. The van der Waals surface area contributed by atoms with Crippen molar-refractivity contribution in [2.24, 2.45) is 0 Å². The standard InChI is InChI=1S/C25H27NO4S2/c1-3-14-29-23(27)8-5-13-26-24(28)22(32-25(26)31)16-20-6-4-7-21(15-20)30-17-19-11-9-18(2)10-12-19/h4,6-7,9-12,15-16H,3,5,8,13-14,17H2,1-2H3/b22-16+. The number of thioether (sulfide) groups is 1. The average Bonchev–Trinajstić information content (AvgIpc) is 3.05. The molecular weight excluding hydrogens is 442 g/mol. The number of hydrogen-bond acceptors (Lipinski definition) is 6. The lowest BCUT2D eigenvalue weighted by Gasteiger charge is -2.13. The molecule has 1 fully saturated rings. The van der Waals surface area contributed by atoms with Crippen LogP contribution in [0, 0.1) is 6.92 Å². The summed E-state index contributed by atoms with van der Waals surface area (Å²) in [5.74, 6) is 0.364. The van der Waals surface area contributed by atoms with E-state index in [2.05, 4.69) is 19.1 Å². The van der Waals surface area contributed by atoms with Crippen LogP contribution in [0.25, 0.3) is 6.08 Å². The summed E-state index contributed by atoms with van der Waals surface area (Å²) in [5.41, 5.74) is 3.18. The Labute approximate surface area is 198 Å². The lowest BCUT2D eigenvalue weighted by molar-refractivity contribution is -0.144. The van der Waals surface area contributed by atoms with Gasteiger partial charge in [-0.25, -0.2) is 0 Å². The summed E-state index contributed by atoms with van der Waals surface area (Å²) in [6.07, 6.45) is 3.41. The van der Waals surface area contributed by atoms with Gasteiger partial charge in [-0.3, -0.25) is 14.5 Å². The molecule has 0 radical (unpaired) electrons. The molecule has 5 nitrogen and oxygen atoms in total. The van der Waals surface area contributed by atoms with Crippen LogP contribution < -0.4 is 4.74 Å². The Morgan fingerprint density at radius 1 is 1.19 bits per heavy atom.